The van der Waals surface area contributed by atoms with Crippen LogP contribution in [0.3, 0.4) is 0 Å². The van der Waals surface area contributed by atoms with Crippen molar-refractivity contribution in [3.63, 3.8) is 0 Å². The Morgan fingerprint density at radius 2 is 0.964 bits per heavy atom. The van der Waals surface area contributed by atoms with Gasteiger partial charge in [0.15, 0.2) is 0 Å². The van der Waals surface area contributed by atoms with Gasteiger partial charge in [-0.1, -0.05) is 97.4 Å². The molecule has 274 valence electrons. The second-order valence-corrected chi connectivity index (χ2v) is 16.7. The van der Waals surface area contributed by atoms with Gasteiger partial charge < -0.3 is 46.3 Å². The van der Waals surface area contributed by atoms with Gasteiger partial charge in [0, 0.05) is 64.7 Å². The minimum absolute atomic E-state index is 0.0502. The molecule has 17 heteroatoms. The molecule has 1 unspecified atom stereocenters. The predicted octanol–water partition coefficient (Wildman–Crippen LogP) is 7.84. The van der Waals surface area contributed by atoms with Crippen LogP contribution in [0.1, 0.15) is 56.2 Å². The third kappa shape index (κ3) is 5.22. The molecule has 0 radical (unpaired) electrons. The van der Waals surface area contributed by atoms with Crippen molar-refractivity contribution in [3.05, 3.63) is 122 Å². The summed E-state index contributed by atoms with van der Waals surface area (Å²) in [6.07, 6.45) is 11.9. The second kappa shape index (κ2) is 12.4. The predicted molar refractivity (Wildman–Crippen MR) is 232 cm³/mol. The van der Waals surface area contributed by atoms with E-state index in [0.717, 1.165) is 39.2 Å². The van der Waals surface area contributed by atoms with Crippen LogP contribution in [0.2, 0.25) is 0 Å². The molecule has 4 aromatic heterocycles. The fraction of sp³-hybridized carbons (Fsp3) is 0.105. The van der Waals surface area contributed by atoms with Gasteiger partial charge in [0.25, 0.3) is 10.1 Å². The fourth-order valence-electron chi connectivity index (χ4n) is 8.13. The van der Waals surface area contributed by atoms with Gasteiger partial charge in [-0.3, -0.25) is 4.55 Å². The van der Waals surface area contributed by atoms with Gasteiger partial charge in [-0.05, 0) is 43.1 Å². The van der Waals surface area contributed by atoms with Crippen LogP contribution in [0.25, 0.3) is 5.57 Å². The molecule has 8 bridgehead atoms. The number of benzene rings is 1. The van der Waals surface area contributed by atoms with Crippen molar-refractivity contribution in [2.45, 2.75) is 25.4 Å². The first-order chi connectivity index (χ1) is 26.5. The standard InChI is InChI=1S/C38H28N8O4S5/c47-28-22(15-7-2-1-3-8-15)30(55(48,49)50)29(54)27-26(28)37-45-36-25-18(11-6-14-21(25)53)32(43-36)41-34-23-16(9-4-12-19(23)51)31(39-34)40-35-24-17(10-5-13-20(24)52)33(42-35)44-38(27)46-37/h1-8,12-14,28,39-47H,9-11H2,(H,48,49,50). The molecule has 10 N–H and O–H groups in total. The largest absolute Gasteiger partial charge is 0.383 e. The van der Waals surface area contributed by atoms with Crippen LogP contribution in [0, 0.1) is 0 Å². The van der Waals surface area contributed by atoms with E-state index < -0.39 is 21.1 Å². The van der Waals surface area contributed by atoms with Gasteiger partial charge in [0.1, 0.15) is 57.6 Å². The van der Waals surface area contributed by atoms with E-state index in [9.17, 15) is 18.1 Å². The molecule has 0 amide bonds. The van der Waals surface area contributed by atoms with Crippen LogP contribution >= 0.6 is 48.9 Å². The van der Waals surface area contributed by atoms with E-state index in [-0.39, 0.29) is 27.4 Å². The van der Waals surface area contributed by atoms with Crippen LogP contribution in [-0.4, -0.2) is 57.5 Å². The van der Waals surface area contributed by atoms with E-state index in [2.05, 4.69) is 41.2 Å². The summed E-state index contributed by atoms with van der Waals surface area (Å²) in [5.41, 5.74) is 5.92. The summed E-state index contributed by atoms with van der Waals surface area (Å²) in [5, 5.41) is 26.4. The van der Waals surface area contributed by atoms with E-state index in [4.69, 9.17) is 48.9 Å². The van der Waals surface area contributed by atoms with Gasteiger partial charge in [-0.2, -0.15) is 8.42 Å². The lowest BCUT2D eigenvalue weighted by molar-refractivity contribution is 0.238. The number of thiocarbonyl (C=S) groups is 4. The number of hydrogen-bond acceptors (Lipinski definition) is 11. The number of nitrogens with one attached hydrogen (secondary N) is 8. The molecule has 0 fully saturated rings. The van der Waals surface area contributed by atoms with E-state index in [1.165, 1.54) is 0 Å². The molecule has 1 aliphatic heterocycles. The summed E-state index contributed by atoms with van der Waals surface area (Å²) in [5.74, 6) is 4.36. The zero-order chi connectivity index (χ0) is 37.9. The molecule has 55 heavy (non-hydrogen) atoms. The Hall–Kier alpha value is -5.27. The average molecular weight is 821 g/mol. The molecule has 10 rings (SSSR count). The lowest BCUT2D eigenvalue weighted by atomic mass is 9.86. The Labute approximate surface area is 335 Å². The van der Waals surface area contributed by atoms with Crippen molar-refractivity contribution < 1.29 is 18.1 Å². The Balaban J connectivity index is 1.24. The first kappa shape index (κ1) is 34.2. The SMILES string of the molecule is O=S(=O)(O)C1=C(c2ccccc2)C(O)c2c3[nH]c(c2C1=S)Nc1[nH]c(c2c1CC=CC2=S)Nc1[nH]c(c2c1CC=CC2=S)Nc1[nH]c(c2c1CC=CC2=S)N3. The molecule has 0 saturated heterocycles. The number of aromatic amines is 4. The number of rotatable bonds is 2. The Kier molecular flexibility index (Phi) is 7.70. The molecule has 12 nitrogen and oxygen atoms in total. The topological polar surface area (TPSA) is 186 Å². The van der Waals surface area contributed by atoms with Crippen LogP contribution in [0.15, 0.2) is 71.7 Å². The molecule has 4 aliphatic carbocycles. The average Bonchev–Trinajstić information content (AvgIpc) is 3.89. The van der Waals surface area contributed by atoms with Crippen molar-refractivity contribution in [3.8, 4) is 0 Å². The maximum absolute atomic E-state index is 13.2. The normalized spacial score (nSPS) is 18.2. The van der Waals surface area contributed by atoms with Crippen molar-refractivity contribution >= 4 is 131 Å². The minimum atomic E-state index is -4.94. The van der Waals surface area contributed by atoms with Gasteiger partial charge in [-0.25, -0.2) is 0 Å². The zero-order valence-corrected chi connectivity index (χ0v) is 32.4. The Morgan fingerprint density at radius 1 is 0.564 bits per heavy atom. The first-order valence-electron chi connectivity index (χ1n) is 17.2. The van der Waals surface area contributed by atoms with Gasteiger partial charge in [0.2, 0.25) is 0 Å². The molecular formula is C38H28N8O4S5. The summed E-state index contributed by atoms with van der Waals surface area (Å²) < 4.78 is 37.1. The highest BCUT2D eigenvalue weighted by molar-refractivity contribution is 7.94. The quantitative estimate of drug-likeness (QED) is 0.0604. The van der Waals surface area contributed by atoms with E-state index >= 15 is 0 Å². The van der Waals surface area contributed by atoms with Crippen molar-refractivity contribution in [1.82, 2.24) is 19.9 Å². The van der Waals surface area contributed by atoms with Crippen LogP contribution in [0.4, 0.5) is 46.5 Å². The highest BCUT2D eigenvalue weighted by Crippen LogP contribution is 2.50. The molecular weight excluding hydrogens is 793 g/mol. The monoisotopic (exact) mass is 820 g/mol. The molecule has 1 aromatic carbocycles. The summed E-state index contributed by atoms with van der Waals surface area (Å²) in [4.78, 5) is 15.0. The number of H-pyrrole nitrogens is 4. The minimum Gasteiger partial charge on any atom is -0.383 e. The second-order valence-electron chi connectivity index (χ2n) is 13.6. The van der Waals surface area contributed by atoms with Gasteiger partial charge in [0.05, 0.1) is 4.86 Å². The number of aliphatic hydroxyl groups is 1. The Morgan fingerprint density at radius 3 is 1.40 bits per heavy atom. The maximum atomic E-state index is 13.2. The molecule has 0 spiro atoms. The number of aromatic nitrogens is 4. The van der Waals surface area contributed by atoms with Crippen LogP contribution in [-0.2, 0) is 29.4 Å². The van der Waals surface area contributed by atoms with Crippen LogP contribution in [0.5, 0.6) is 0 Å². The van der Waals surface area contributed by atoms with Gasteiger partial charge in [-0.15, -0.1) is 0 Å². The number of fused-ring (bicyclic) bond motifs is 20. The number of aliphatic hydroxyl groups excluding tert-OH is 1. The lowest BCUT2D eigenvalue weighted by Crippen LogP contribution is -2.24. The number of hydrogen-bond donors (Lipinski definition) is 10. The zero-order valence-electron chi connectivity index (χ0n) is 28.3. The molecule has 5 heterocycles. The smallest absolute Gasteiger partial charge is 0.296 e. The fourth-order valence-corrected chi connectivity index (χ4v) is 10.6. The molecule has 1 atom stereocenters. The third-order valence-electron chi connectivity index (χ3n) is 10.4. The van der Waals surface area contributed by atoms with Crippen molar-refractivity contribution in [1.29, 1.82) is 0 Å². The molecule has 5 aromatic rings. The highest BCUT2D eigenvalue weighted by atomic mass is 32.2. The molecule has 0 saturated carbocycles. The third-order valence-corrected chi connectivity index (χ3v) is 12.9. The summed E-state index contributed by atoms with van der Waals surface area (Å²) >= 11 is 23.6. The maximum Gasteiger partial charge on any atom is 0.296 e. The summed E-state index contributed by atoms with van der Waals surface area (Å²) in [7, 11) is -4.94. The van der Waals surface area contributed by atoms with Crippen molar-refractivity contribution in [2.24, 2.45) is 0 Å². The van der Waals surface area contributed by atoms with Gasteiger partial charge >= 0.3 is 0 Å². The first-order valence-corrected chi connectivity index (χ1v) is 20.3. The van der Waals surface area contributed by atoms with Crippen LogP contribution < -0.4 is 21.3 Å². The number of allylic oxidation sites excluding steroid dienone is 7. The van der Waals surface area contributed by atoms with E-state index in [1.807, 2.05) is 36.5 Å². The summed E-state index contributed by atoms with van der Waals surface area (Å²) in [6, 6.07) is 8.51. The van der Waals surface area contributed by atoms with E-state index in [0.29, 0.717) is 74.3 Å². The molecule has 5 aliphatic rings. The van der Waals surface area contributed by atoms with E-state index in [1.54, 1.807) is 30.3 Å². The highest BCUT2D eigenvalue weighted by Gasteiger charge is 2.42. The Bertz CT molecular complexity index is 2870. The summed E-state index contributed by atoms with van der Waals surface area (Å²) in [6.45, 7) is 0. The number of anilines is 8. The lowest BCUT2D eigenvalue weighted by Gasteiger charge is -2.27. The van der Waals surface area contributed by atoms with Crippen molar-refractivity contribution in [2.75, 3.05) is 21.3 Å².